The van der Waals surface area contributed by atoms with Crippen LogP contribution in [0.15, 0.2) is 11.6 Å². The normalized spacial score (nSPS) is 26.5. The number of carboxylic acid groups (broad SMARTS) is 1. The van der Waals surface area contributed by atoms with Gasteiger partial charge in [-0.1, -0.05) is 0 Å². The third-order valence-electron chi connectivity index (χ3n) is 3.11. The van der Waals surface area contributed by atoms with Crippen molar-refractivity contribution in [3.8, 4) is 0 Å². The van der Waals surface area contributed by atoms with Gasteiger partial charge < -0.3 is 39.9 Å². The SMILES string of the molecule is O=CC(CP(=O)(O)O)NC1CC(C(=O)O)=CC(OP(=O)(O)O)C1O. The third-order valence-corrected chi connectivity index (χ3v) is 4.50. The Bertz CT molecular complexity index is 608. The van der Waals surface area contributed by atoms with E-state index in [1.165, 1.54) is 0 Å². The number of aldehydes is 1. The fraction of sp³-hybridized carbons (Fsp3) is 0.600. The minimum Gasteiger partial charge on any atom is -0.478 e. The lowest BCUT2D eigenvalue weighted by molar-refractivity contribution is -0.133. The van der Waals surface area contributed by atoms with Crippen molar-refractivity contribution >= 4 is 27.7 Å². The second kappa shape index (κ2) is 7.96. The van der Waals surface area contributed by atoms with Crippen LogP contribution in [0.3, 0.4) is 0 Å². The van der Waals surface area contributed by atoms with Gasteiger partial charge in [0.2, 0.25) is 0 Å². The van der Waals surface area contributed by atoms with Crippen LogP contribution in [0.4, 0.5) is 0 Å². The molecule has 1 aliphatic rings. The second-order valence-corrected chi connectivity index (χ2v) is 8.00. The molecule has 4 atom stereocenters. The standard InChI is InChI=1S/C10H17NO11P2/c12-3-6(4-23(16,17)18)11-7-1-5(10(14)15)2-8(9(7)13)22-24(19,20)21/h2-3,6-9,11,13H,1,4H2,(H,14,15)(H2,16,17,18)(H2,19,20,21). The summed E-state index contributed by atoms with van der Waals surface area (Å²) in [5.41, 5.74) is -0.350. The highest BCUT2D eigenvalue weighted by atomic mass is 31.2. The monoisotopic (exact) mass is 389 g/mol. The molecule has 0 aliphatic heterocycles. The fourth-order valence-electron chi connectivity index (χ4n) is 2.19. The van der Waals surface area contributed by atoms with Crippen LogP contribution in [-0.4, -0.2) is 72.5 Å². The summed E-state index contributed by atoms with van der Waals surface area (Å²) >= 11 is 0. The highest BCUT2D eigenvalue weighted by Crippen LogP contribution is 2.40. The molecule has 0 aromatic carbocycles. The van der Waals surface area contributed by atoms with E-state index >= 15 is 0 Å². The van der Waals surface area contributed by atoms with Crippen LogP contribution in [0.1, 0.15) is 6.42 Å². The maximum Gasteiger partial charge on any atom is 0.470 e. The van der Waals surface area contributed by atoms with Gasteiger partial charge in [0.25, 0.3) is 0 Å². The number of carbonyl (C=O) groups excluding carboxylic acids is 1. The summed E-state index contributed by atoms with van der Waals surface area (Å²) in [5.74, 6) is -1.44. The van der Waals surface area contributed by atoms with Crippen molar-refractivity contribution in [2.24, 2.45) is 0 Å². The van der Waals surface area contributed by atoms with Gasteiger partial charge in [-0.3, -0.25) is 9.09 Å². The largest absolute Gasteiger partial charge is 0.478 e. The van der Waals surface area contributed by atoms with Crippen molar-refractivity contribution < 1.29 is 53.0 Å². The molecule has 0 saturated carbocycles. The van der Waals surface area contributed by atoms with Crippen LogP contribution in [0.25, 0.3) is 0 Å². The van der Waals surface area contributed by atoms with Gasteiger partial charge in [0, 0.05) is 11.6 Å². The smallest absolute Gasteiger partial charge is 0.470 e. The van der Waals surface area contributed by atoms with Crippen molar-refractivity contribution in [3.05, 3.63) is 11.6 Å². The molecule has 0 heterocycles. The van der Waals surface area contributed by atoms with Crippen molar-refractivity contribution in [1.82, 2.24) is 5.32 Å². The molecule has 24 heavy (non-hydrogen) atoms. The topological polar surface area (TPSA) is 211 Å². The molecule has 0 amide bonds. The van der Waals surface area contributed by atoms with Gasteiger partial charge >= 0.3 is 21.4 Å². The average Bonchev–Trinajstić information content (AvgIpc) is 2.38. The summed E-state index contributed by atoms with van der Waals surface area (Å²) in [7, 11) is -9.62. The van der Waals surface area contributed by atoms with E-state index in [0.29, 0.717) is 0 Å². The Morgan fingerprint density at radius 2 is 1.96 bits per heavy atom. The first-order valence-corrected chi connectivity index (χ1v) is 9.77. The molecule has 0 aromatic rings. The highest BCUT2D eigenvalue weighted by molar-refractivity contribution is 7.51. The number of hydrogen-bond acceptors (Lipinski definition) is 7. The minimum atomic E-state index is -5.05. The van der Waals surface area contributed by atoms with Gasteiger partial charge in [0.1, 0.15) is 12.4 Å². The summed E-state index contributed by atoms with van der Waals surface area (Å²) in [5, 5.41) is 21.4. The highest BCUT2D eigenvalue weighted by Gasteiger charge is 2.39. The summed E-state index contributed by atoms with van der Waals surface area (Å²) < 4.78 is 26.2. The summed E-state index contributed by atoms with van der Waals surface area (Å²) in [6, 6.07) is -2.64. The van der Waals surface area contributed by atoms with Crippen molar-refractivity contribution in [2.45, 2.75) is 30.7 Å². The summed E-state index contributed by atoms with van der Waals surface area (Å²) in [6.07, 6.45) is -3.61. The van der Waals surface area contributed by atoms with Gasteiger partial charge in [0.15, 0.2) is 0 Å². The van der Waals surface area contributed by atoms with E-state index in [1.807, 2.05) is 0 Å². The molecule has 0 aromatic heterocycles. The average molecular weight is 389 g/mol. The second-order valence-electron chi connectivity index (χ2n) is 5.12. The Balaban J connectivity index is 3.00. The van der Waals surface area contributed by atoms with Crippen molar-refractivity contribution in [2.75, 3.05) is 6.16 Å². The van der Waals surface area contributed by atoms with Gasteiger partial charge in [-0.2, -0.15) is 0 Å². The van der Waals surface area contributed by atoms with E-state index in [4.69, 9.17) is 24.7 Å². The Morgan fingerprint density at radius 1 is 1.38 bits per heavy atom. The van der Waals surface area contributed by atoms with Gasteiger partial charge in [-0.25, -0.2) is 9.36 Å². The Kier molecular flexibility index (Phi) is 7.00. The quantitative estimate of drug-likeness (QED) is 0.176. The Hall–Kier alpha value is -0.940. The molecule has 4 unspecified atom stereocenters. The van der Waals surface area contributed by atoms with Crippen LogP contribution in [-0.2, 0) is 23.2 Å². The minimum absolute atomic E-state index is 0.170. The number of phosphoric ester groups is 1. The van der Waals surface area contributed by atoms with Crippen LogP contribution in [0.2, 0.25) is 0 Å². The fourth-order valence-corrected chi connectivity index (χ4v) is 3.39. The van der Waals surface area contributed by atoms with Gasteiger partial charge in [-0.05, 0) is 12.5 Å². The number of rotatable bonds is 8. The lowest BCUT2D eigenvalue weighted by Gasteiger charge is -2.34. The molecule has 7 N–H and O–H groups in total. The van der Waals surface area contributed by atoms with Crippen LogP contribution < -0.4 is 5.32 Å². The van der Waals surface area contributed by atoms with Gasteiger partial charge in [0.05, 0.1) is 18.3 Å². The maximum atomic E-state index is 11.1. The van der Waals surface area contributed by atoms with E-state index < -0.39 is 51.8 Å². The number of aliphatic carboxylic acids is 1. The molecule has 0 spiro atoms. The first-order chi connectivity index (χ1) is 10.8. The van der Waals surface area contributed by atoms with Crippen LogP contribution in [0, 0.1) is 0 Å². The molecule has 14 heteroatoms. The lowest BCUT2D eigenvalue weighted by Crippen LogP contribution is -2.53. The van der Waals surface area contributed by atoms with Crippen LogP contribution >= 0.6 is 15.4 Å². The first kappa shape index (κ1) is 21.1. The van der Waals surface area contributed by atoms with E-state index in [9.17, 15) is 23.8 Å². The molecule has 1 rings (SSSR count). The van der Waals surface area contributed by atoms with Crippen molar-refractivity contribution in [3.63, 3.8) is 0 Å². The molecule has 0 radical (unpaired) electrons. The lowest BCUT2D eigenvalue weighted by atomic mass is 9.89. The predicted molar refractivity (Wildman–Crippen MR) is 76.9 cm³/mol. The molecule has 0 bridgehead atoms. The van der Waals surface area contributed by atoms with E-state index in [1.54, 1.807) is 0 Å². The number of phosphoric acid groups is 1. The van der Waals surface area contributed by atoms with Crippen LogP contribution in [0.5, 0.6) is 0 Å². The number of aliphatic hydroxyl groups is 1. The molecule has 0 fully saturated rings. The zero-order valence-corrected chi connectivity index (χ0v) is 13.8. The summed E-state index contributed by atoms with van der Waals surface area (Å²) in [4.78, 5) is 57.3. The number of aliphatic hydroxyl groups excluding tert-OH is 1. The number of carboxylic acids is 1. The molecule has 138 valence electrons. The first-order valence-electron chi connectivity index (χ1n) is 6.44. The maximum absolute atomic E-state index is 11.1. The molecule has 0 saturated heterocycles. The number of nitrogens with one attached hydrogen (secondary N) is 1. The van der Waals surface area contributed by atoms with E-state index in [2.05, 4.69) is 9.84 Å². The number of carbonyl (C=O) groups is 2. The van der Waals surface area contributed by atoms with E-state index in [-0.39, 0.29) is 18.3 Å². The number of hydrogen-bond donors (Lipinski definition) is 7. The zero-order valence-electron chi connectivity index (χ0n) is 12.0. The Labute approximate surface area is 135 Å². The van der Waals surface area contributed by atoms with Crippen molar-refractivity contribution in [1.29, 1.82) is 0 Å². The zero-order chi connectivity index (χ0) is 18.7. The molecule has 1 aliphatic carbocycles. The predicted octanol–water partition coefficient (Wildman–Crippen LogP) is -2.06. The molecular formula is C10H17NO11P2. The summed E-state index contributed by atoms with van der Waals surface area (Å²) in [6.45, 7) is 0. The molecular weight excluding hydrogens is 372 g/mol. The molecule has 12 nitrogen and oxygen atoms in total. The third kappa shape index (κ3) is 6.89. The Morgan fingerprint density at radius 3 is 2.38 bits per heavy atom. The van der Waals surface area contributed by atoms with E-state index in [0.717, 1.165) is 6.08 Å². The van der Waals surface area contributed by atoms with Gasteiger partial charge in [-0.15, -0.1) is 0 Å².